The Balaban J connectivity index is 0. The Morgan fingerprint density at radius 2 is 0.812 bits per heavy atom. The fourth-order valence-corrected chi connectivity index (χ4v) is 0.496. The summed E-state index contributed by atoms with van der Waals surface area (Å²) >= 11 is 0. The summed E-state index contributed by atoms with van der Waals surface area (Å²) in [5, 5.41) is 0. The summed E-state index contributed by atoms with van der Waals surface area (Å²) < 4.78 is 0. The van der Waals surface area contributed by atoms with Crippen molar-refractivity contribution in [3.05, 3.63) is 24.3 Å². The number of urea groups is 2. The molecule has 90 valence electrons. The first-order valence-electron chi connectivity index (χ1n) is 3.96. The van der Waals surface area contributed by atoms with Gasteiger partial charge in [-0.25, -0.2) is 9.59 Å². The van der Waals surface area contributed by atoms with E-state index in [1.807, 2.05) is 0 Å². The fraction of sp³-hybridized carbons (Fsp3) is 0. The maximum absolute atomic E-state index is 9.00. The predicted octanol–water partition coefficient (Wildman–Crippen LogP) is -1.10. The van der Waals surface area contributed by atoms with Crippen molar-refractivity contribution in [3.63, 3.8) is 0 Å². The van der Waals surface area contributed by atoms with Gasteiger partial charge in [-0.15, -0.1) is 0 Å². The molecule has 0 aliphatic rings. The van der Waals surface area contributed by atoms with E-state index < -0.39 is 12.1 Å². The molecule has 8 heteroatoms. The molecule has 0 unspecified atom stereocenters. The molecule has 0 spiro atoms. The molecule has 0 saturated carbocycles. The van der Waals surface area contributed by atoms with Crippen LogP contribution in [0, 0.1) is 0 Å². The summed E-state index contributed by atoms with van der Waals surface area (Å²) in [4.78, 5) is 18.0. The zero-order chi connectivity index (χ0) is 13.1. The SMILES string of the molecule is NC(N)=O.NC(N)=O.Nc1ccc(N)cc1. The number of anilines is 2. The third kappa shape index (κ3) is 22.5. The zero-order valence-electron chi connectivity index (χ0n) is 8.59. The van der Waals surface area contributed by atoms with Crippen LogP contribution in [0.2, 0.25) is 0 Å². The van der Waals surface area contributed by atoms with E-state index in [4.69, 9.17) is 21.1 Å². The van der Waals surface area contributed by atoms with E-state index in [-0.39, 0.29) is 0 Å². The minimum absolute atomic E-state index is 0.749. The van der Waals surface area contributed by atoms with Gasteiger partial charge in [-0.1, -0.05) is 0 Å². The van der Waals surface area contributed by atoms with Crippen LogP contribution in [0.5, 0.6) is 0 Å². The van der Waals surface area contributed by atoms with Crippen LogP contribution >= 0.6 is 0 Å². The second kappa shape index (κ2) is 8.94. The topological polar surface area (TPSA) is 190 Å². The van der Waals surface area contributed by atoms with Crippen LogP contribution in [-0.4, -0.2) is 12.1 Å². The number of nitrogen functional groups attached to an aromatic ring is 2. The lowest BCUT2D eigenvalue weighted by atomic mass is 10.3. The third-order valence-corrected chi connectivity index (χ3v) is 0.936. The van der Waals surface area contributed by atoms with Crippen LogP contribution in [0.3, 0.4) is 0 Å². The van der Waals surface area contributed by atoms with Crippen molar-refractivity contribution in [2.45, 2.75) is 0 Å². The van der Waals surface area contributed by atoms with Gasteiger partial charge in [-0.05, 0) is 24.3 Å². The first kappa shape index (κ1) is 15.8. The fourth-order valence-electron chi connectivity index (χ4n) is 0.496. The number of primary amides is 4. The normalized spacial score (nSPS) is 7.50. The molecule has 0 fully saturated rings. The van der Waals surface area contributed by atoms with Crippen LogP contribution in [0.4, 0.5) is 21.0 Å². The first-order chi connectivity index (χ1) is 7.25. The summed E-state index contributed by atoms with van der Waals surface area (Å²) in [6, 6.07) is 5.43. The van der Waals surface area contributed by atoms with E-state index in [2.05, 4.69) is 22.9 Å². The second-order valence-electron chi connectivity index (χ2n) is 2.47. The summed E-state index contributed by atoms with van der Waals surface area (Å²) in [6.07, 6.45) is 0. The van der Waals surface area contributed by atoms with Crippen molar-refractivity contribution in [2.75, 3.05) is 11.5 Å². The molecule has 1 aromatic rings. The van der Waals surface area contributed by atoms with Crippen molar-refractivity contribution in [2.24, 2.45) is 22.9 Å². The lowest BCUT2D eigenvalue weighted by Crippen LogP contribution is -2.18. The maximum Gasteiger partial charge on any atom is 0.309 e. The first-order valence-corrected chi connectivity index (χ1v) is 3.96. The Kier molecular flexibility index (Phi) is 8.83. The minimum atomic E-state index is -0.833. The molecular weight excluding hydrogens is 212 g/mol. The highest BCUT2D eigenvalue weighted by Crippen LogP contribution is 2.04. The summed E-state index contributed by atoms with van der Waals surface area (Å²) in [7, 11) is 0. The summed E-state index contributed by atoms with van der Waals surface area (Å²) in [6.45, 7) is 0. The zero-order valence-corrected chi connectivity index (χ0v) is 8.59. The van der Waals surface area contributed by atoms with Crippen molar-refractivity contribution < 1.29 is 9.59 Å². The molecule has 0 radical (unpaired) electrons. The van der Waals surface area contributed by atoms with E-state index in [1.54, 1.807) is 24.3 Å². The third-order valence-electron chi connectivity index (χ3n) is 0.936. The molecule has 16 heavy (non-hydrogen) atoms. The number of benzene rings is 1. The molecular formula is C8H16N6O2. The summed E-state index contributed by atoms with van der Waals surface area (Å²) in [5.74, 6) is 0. The molecule has 4 amide bonds. The van der Waals surface area contributed by atoms with Crippen LogP contribution in [0.1, 0.15) is 0 Å². The number of carbonyl (C=O) groups excluding carboxylic acids is 2. The van der Waals surface area contributed by atoms with Gasteiger partial charge in [-0.2, -0.15) is 0 Å². The van der Waals surface area contributed by atoms with Gasteiger partial charge in [0, 0.05) is 11.4 Å². The van der Waals surface area contributed by atoms with Crippen molar-refractivity contribution >= 4 is 23.4 Å². The number of nitrogens with two attached hydrogens (primary N) is 6. The maximum atomic E-state index is 9.00. The Morgan fingerprint density at radius 1 is 0.688 bits per heavy atom. The molecule has 0 atom stereocenters. The smallest absolute Gasteiger partial charge is 0.309 e. The predicted molar refractivity (Wildman–Crippen MR) is 62.8 cm³/mol. The number of carbonyl (C=O) groups is 2. The van der Waals surface area contributed by atoms with Crippen molar-refractivity contribution in [1.82, 2.24) is 0 Å². The van der Waals surface area contributed by atoms with Crippen LogP contribution in [-0.2, 0) is 0 Å². The van der Waals surface area contributed by atoms with Crippen LogP contribution in [0.15, 0.2) is 24.3 Å². The van der Waals surface area contributed by atoms with E-state index in [0.29, 0.717) is 0 Å². The van der Waals surface area contributed by atoms with Gasteiger partial charge in [-0.3, -0.25) is 0 Å². The highest BCUT2D eigenvalue weighted by Gasteiger charge is 1.80. The molecule has 12 N–H and O–H groups in total. The van der Waals surface area contributed by atoms with Gasteiger partial charge in [0.2, 0.25) is 0 Å². The molecule has 0 bridgehead atoms. The molecule has 0 heterocycles. The van der Waals surface area contributed by atoms with Crippen LogP contribution in [0.25, 0.3) is 0 Å². The number of rotatable bonds is 0. The molecule has 0 saturated heterocycles. The van der Waals surface area contributed by atoms with Gasteiger partial charge in [0.1, 0.15) is 0 Å². The van der Waals surface area contributed by atoms with Gasteiger partial charge in [0.25, 0.3) is 0 Å². The van der Waals surface area contributed by atoms with Crippen LogP contribution < -0.4 is 34.4 Å². The van der Waals surface area contributed by atoms with E-state index in [1.165, 1.54) is 0 Å². The van der Waals surface area contributed by atoms with Gasteiger partial charge in [0.15, 0.2) is 0 Å². The molecule has 1 aromatic carbocycles. The van der Waals surface area contributed by atoms with Gasteiger partial charge in [0.05, 0.1) is 0 Å². The number of hydrogen-bond donors (Lipinski definition) is 6. The molecule has 8 nitrogen and oxygen atoms in total. The Bertz CT molecular complexity index is 283. The van der Waals surface area contributed by atoms with E-state index >= 15 is 0 Å². The largest absolute Gasteiger partial charge is 0.399 e. The van der Waals surface area contributed by atoms with Gasteiger partial charge < -0.3 is 34.4 Å². The van der Waals surface area contributed by atoms with Gasteiger partial charge >= 0.3 is 12.1 Å². The number of amides is 4. The average molecular weight is 228 g/mol. The highest BCUT2D eigenvalue weighted by molar-refractivity contribution is 5.69. The standard InChI is InChI=1S/C6H8N2.2CH4N2O/c7-5-1-2-6(8)4-3-5;2*2-1(3)4/h1-4H,7-8H2;2*(H4,2,3,4). The average Bonchev–Trinajstić information content (AvgIpc) is 2.08. The molecule has 0 aliphatic heterocycles. The highest BCUT2D eigenvalue weighted by atomic mass is 16.2. The molecule has 0 aromatic heterocycles. The second-order valence-corrected chi connectivity index (χ2v) is 2.47. The monoisotopic (exact) mass is 228 g/mol. The quantitative estimate of drug-likeness (QED) is 0.307. The van der Waals surface area contributed by atoms with E-state index in [9.17, 15) is 0 Å². The van der Waals surface area contributed by atoms with Crippen molar-refractivity contribution in [1.29, 1.82) is 0 Å². The molecule has 0 aliphatic carbocycles. The lowest BCUT2D eigenvalue weighted by Gasteiger charge is -1.90. The van der Waals surface area contributed by atoms with Crippen molar-refractivity contribution in [3.8, 4) is 0 Å². The Labute approximate surface area is 92.5 Å². The van der Waals surface area contributed by atoms with E-state index in [0.717, 1.165) is 11.4 Å². The lowest BCUT2D eigenvalue weighted by molar-refractivity contribution is 0.255. The summed E-state index contributed by atoms with van der Waals surface area (Å²) in [5.41, 5.74) is 29.2. The Hall–Kier alpha value is -2.64. The molecule has 1 rings (SSSR count). The minimum Gasteiger partial charge on any atom is -0.399 e. The number of hydrogen-bond acceptors (Lipinski definition) is 4. The Morgan fingerprint density at radius 3 is 0.938 bits per heavy atom.